The van der Waals surface area contributed by atoms with E-state index in [4.69, 9.17) is 21.1 Å². The number of amides is 1. The average molecular weight is 374 g/mol. The quantitative estimate of drug-likeness (QED) is 0.622. The summed E-state index contributed by atoms with van der Waals surface area (Å²) < 4.78 is 11.2. The third kappa shape index (κ3) is 4.89. The molecule has 0 radical (unpaired) electrons. The van der Waals surface area contributed by atoms with E-state index in [1.807, 2.05) is 31.2 Å². The van der Waals surface area contributed by atoms with Gasteiger partial charge in [-0.1, -0.05) is 29.3 Å². The molecule has 1 aliphatic heterocycles. The van der Waals surface area contributed by atoms with Crippen LogP contribution in [0.15, 0.2) is 41.5 Å². The Bertz CT molecular complexity index is 806. The molecule has 0 saturated carbocycles. The number of carbonyl (C=O) groups excluding carboxylic acids is 1. The number of halogens is 1. The van der Waals surface area contributed by atoms with Crippen LogP contribution in [0.1, 0.15) is 17.5 Å². The highest BCUT2D eigenvalue weighted by atomic mass is 35.5. The molecule has 0 fully saturated rings. The van der Waals surface area contributed by atoms with Gasteiger partial charge in [0.05, 0.1) is 31.0 Å². The Morgan fingerprint density at radius 1 is 1.23 bits per heavy atom. The van der Waals surface area contributed by atoms with Gasteiger partial charge in [0.2, 0.25) is 0 Å². The lowest BCUT2D eigenvalue weighted by atomic mass is 10.2. The molecular formula is C19H20ClN3O3. The Kier molecular flexibility index (Phi) is 5.96. The molecule has 0 saturated heterocycles. The minimum atomic E-state index is -0.248. The minimum absolute atomic E-state index is 0.127. The fourth-order valence-corrected chi connectivity index (χ4v) is 2.67. The van der Waals surface area contributed by atoms with Crippen LogP contribution >= 0.6 is 11.6 Å². The van der Waals surface area contributed by atoms with Crippen molar-refractivity contribution in [3.63, 3.8) is 0 Å². The van der Waals surface area contributed by atoms with Gasteiger partial charge in [0, 0.05) is 12.1 Å². The summed E-state index contributed by atoms with van der Waals surface area (Å²) in [6, 6.07) is 11.3. The molecule has 136 valence electrons. The molecule has 2 N–H and O–H groups in total. The van der Waals surface area contributed by atoms with E-state index in [1.165, 1.54) is 11.8 Å². The monoisotopic (exact) mass is 373 g/mol. The highest BCUT2D eigenvalue weighted by Gasteiger charge is 2.15. The maximum absolute atomic E-state index is 11.9. The predicted octanol–water partition coefficient (Wildman–Crippen LogP) is 3.37. The van der Waals surface area contributed by atoms with Gasteiger partial charge >= 0.3 is 0 Å². The highest BCUT2D eigenvalue weighted by Crippen LogP contribution is 2.37. The van der Waals surface area contributed by atoms with Crippen LogP contribution in [0.3, 0.4) is 0 Å². The molecule has 0 atom stereocenters. The zero-order valence-corrected chi connectivity index (χ0v) is 15.2. The lowest BCUT2D eigenvalue weighted by Crippen LogP contribution is -2.25. The Labute approximate surface area is 157 Å². The van der Waals surface area contributed by atoms with Crippen molar-refractivity contribution in [3.05, 3.63) is 52.5 Å². The van der Waals surface area contributed by atoms with Crippen LogP contribution in [0.25, 0.3) is 0 Å². The zero-order valence-electron chi connectivity index (χ0n) is 14.4. The predicted molar refractivity (Wildman–Crippen MR) is 102 cm³/mol. The van der Waals surface area contributed by atoms with E-state index in [9.17, 15) is 4.79 Å². The van der Waals surface area contributed by atoms with Gasteiger partial charge in [-0.25, -0.2) is 5.43 Å². The Morgan fingerprint density at radius 2 is 2.00 bits per heavy atom. The summed E-state index contributed by atoms with van der Waals surface area (Å²) in [6.45, 7) is 3.29. The lowest BCUT2D eigenvalue weighted by molar-refractivity contribution is -0.119. The maximum Gasteiger partial charge on any atom is 0.259 e. The number of rotatable bonds is 5. The third-order valence-corrected chi connectivity index (χ3v) is 4.01. The zero-order chi connectivity index (χ0) is 18.4. The van der Waals surface area contributed by atoms with Crippen LogP contribution < -0.4 is 20.2 Å². The van der Waals surface area contributed by atoms with Crippen molar-refractivity contribution in [2.45, 2.75) is 13.3 Å². The first-order valence-electron chi connectivity index (χ1n) is 8.33. The number of aryl methyl sites for hydroxylation is 1. The number of benzene rings is 2. The molecule has 0 unspecified atom stereocenters. The van der Waals surface area contributed by atoms with Crippen LogP contribution in [0.2, 0.25) is 5.02 Å². The third-order valence-electron chi connectivity index (χ3n) is 3.73. The van der Waals surface area contributed by atoms with Crippen molar-refractivity contribution in [1.29, 1.82) is 0 Å². The summed E-state index contributed by atoms with van der Waals surface area (Å²) in [4.78, 5) is 11.9. The lowest BCUT2D eigenvalue weighted by Gasteiger charge is -2.09. The number of anilines is 1. The number of carbonyl (C=O) groups is 1. The number of nitrogens with zero attached hydrogens (tertiary/aromatic N) is 1. The van der Waals surface area contributed by atoms with Crippen molar-refractivity contribution in [2.24, 2.45) is 5.10 Å². The largest absolute Gasteiger partial charge is 0.489 e. The maximum atomic E-state index is 11.9. The highest BCUT2D eigenvalue weighted by molar-refractivity contribution is 6.32. The summed E-state index contributed by atoms with van der Waals surface area (Å²) in [6.07, 6.45) is 2.32. The standard InChI is InChI=1S/C19H20ClN3O3/c1-13-3-5-15(6-4-13)21-12-18(24)23-22-11-14-9-16(20)19-17(10-14)25-7-2-8-26-19/h3-6,9-11,21H,2,7-8,12H2,1H3,(H,23,24)/b22-11-. The van der Waals surface area contributed by atoms with Gasteiger partial charge in [-0.05, 0) is 36.8 Å². The molecular weight excluding hydrogens is 354 g/mol. The molecule has 0 aromatic heterocycles. The molecule has 7 heteroatoms. The van der Waals surface area contributed by atoms with Crippen molar-refractivity contribution < 1.29 is 14.3 Å². The second-order valence-electron chi connectivity index (χ2n) is 5.89. The van der Waals surface area contributed by atoms with E-state index in [0.717, 1.165) is 12.1 Å². The Balaban J connectivity index is 1.54. The number of hydrogen-bond donors (Lipinski definition) is 2. The van der Waals surface area contributed by atoms with Gasteiger partial charge in [0.25, 0.3) is 5.91 Å². The van der Waals surface area contributed by atoms with E-state index in [-0.39, 0.29) is 12.5 Å². The van der Waals surface area contributed by atoms with Gasteiger partial charge in [-0.15, -0.1) is 0 Å². The van der Waals surface area contributed by atoms with E-state index >= 15 is 0 Å². The van der Waals surface area contributed by atoms with Crippen LogP contribution in [-0.2, 0) is 4.79 Å². The summed E-state index contributed by atoms with van der Waals surface area (Å²) in [5, 5.41) is 7.45. The topological polar surface area (TPSA) is 72.0 Å². The summed E-state index contributed by atoms with van der Waals surface area (Å²) in [5.41, 5.74) is 5.24. The fraction of sp³-hybridized carbons (Fsp3) is 0.263. The van der Waals surface area contributed by atoms with Gasteiger partial charge in [-0.2, -0.15) is 5.10 Å². The minimum Gasteiger partial charge on any atom is -0.489 e. The summed E-state index contributed by atoms with van der Waals surface area (Å²) >= 11 is 6.23. The molecule has 6 nitrogen and oxygen atoms in total. The average Bonchev–Trinajstić information content (AvgIpc) is 2.87. The second kappa shape index (κ2) is 8.58. The van der Waals surface area contributed by atoms with Crippen LogP contribution in [0.5, 0.6) is 11.5 Å². The van der Waals surface area contributed by atoms with Crippen molar-refractivity contribution >= 4 is 29.4 Å². The first-order valence-corrected chi connectivity index (χ1v) is 8.71. The molecule has 0 bridgehead atoms. The van der Waals surface area contributed by atoms with Gasteiger partial charge in [-0.3, -0.25) is 4.79 Å². The smallest absolute Gasteiger partial charge is 0.259 e. The molecule has 2 aromatic rings. The number of hydrogen-bond acceptors (Lipinski definition) is 5. The Hall–Kier alpha value is -2.73. The van der Waals surface area contributed by atoms with Crippen LogP contribution in [-0.4, -0.2) is 31.9 Å². The molecule has 1 aliphatic rings. The molecule has 0 aliphatic carbocycles. The second-order valence-corrected chi connectivity index (χ2v) is 6.30. The van der Waals surface area contributed by atoms with Crippen LogP contribution in [0, 0.1) is 6.92 Å². The van der Waals surface area contributed by atoms with Crippen molar-refractivity contribution in [3.8, 4) is 11.5 Å². The first-order chi connectivity index (χ1) is 12.6. The SMILES string of the molecule is Cc1ccc(NCC(=O)N/N=C\c2cc(Cl)c3c(c2)OCCCO3)cc1. The molecule has 1 heterocycles. The van der Waals surface area contributed by atoms with Crippen LogP contribution in [0.4, 0.5) is 5.69 Å². The summed E-state index contributed by atoms with van der Waals surface area (Å²) in [5.74, 6) is 0.888. The van der Waals surface area contributed by atoms with Crippen molar-refractivity contribution in [1.82, 2.24) is 5.43 Å². The van der Waals surface area contributed by atoms with E-state index < -0.39 is 0 Å². The van der Waals surface area contributed by atoms with Gasteiger partial charge in [0.15, 0.2) is 11.5 Å². The number of ether oxygens (including phenoxy) is 2. The van der Waals surface area contributed by atoms with E-state index in [0.29, 0.717) is 35.3 Å². The van der Waals surface area contributed by atoms with Gasteiger partial charge in [0.1, 0.15) is 0 Å². The molecule has 3 rings (SSSR count). The van der Waals surface area contributed by atoms with Gasteiger partial charge < -0.3 is 14.8 Å². The van der Waals surface area contributed by atoms with E-state index in [1.54, 1.807) is 12.1 Å². The number of fused-ring (bicyclic) bond motifs is 1. The Morgan fingerprint density at radius 3 is 2.81 bits per heavy atom. The first kappa shape index (κ1) is 18.1. The fourth-order valence-electron chi connectivity index (χ4n) is 2.40. The number of hydrazone groups is 1. The number of nitrogens with one attached hydrogen (secondary N) is 2. The molecule has 26 heavy (non-hydrogen) atoms. The summed E-state index contributed by atoms with van der Waals surface area (Å²) in [7, 11) is 0. The molecule has 2 aromatic carbocycles. The normalized spacial score (nSPS) is 13.3. The van der Waals surface area contributed by atoms with Crippen molar-refractivity contribution in [2.75, 3.05) is 25.1 Å². The molecule has 1 amide bonds. The van der Waals surface area contributed by atoms with E-state index in [2.05, 4.69) is 15.8 Å². The molecule has 0 spiro atoms.